The lowest BCUT2D eigenvalue weighted by molar-refractivity contribution is 0.381. The fourth-order valence-electron chi connectivity index (χ4n) is 0.541. The molecule has 0 heterocycles. The molecule has 0 unspecified atom stereocenters. The van der Waals surface area contributed by atoms with Gasteiger partial charge in [-0.25, -0.2) is 0 Å². The Kier molecular flexibility index (Phi) is 10.7. The number of nitrogens with one attached hydrogen (secondary N) is 1. The van der Waals surface area contributed by atoms with Crippen LogP contribution in [0.3, 0.4) is 0 Å². The van der Waals surface area contributed by atoms with Crippen LogP contribution in [0.1, 0.15) is 26.7 Å². The molecule has 0 aromatic carbocycles. The van der Waals surface area contributed by atoms with Gasteiger partial charge in [-0.05, 0) is 12.8 Å². The van der Waals surface area contributed by atoms with Gasteiger partial charge >= 0.3 is 10.4 Å². The maximum absolute atomic E-state index is 8.74. The van der Waals surface area contributed by atoms with E-state index in [1.54, 1.807) is 0 Å². The van der Waals surface area contributed by atoms with Crippen molar-refractivity contribution >= 4 is 16.4 Å². The van der Waals surface area contributed by atoms with Crippen LogP contribution in [0.2, 0.25) is 0 Å². The Morgan fingerprint density at radius 3 is 2.13 bits per heavy atom. The summed E-state index contributed by atoms with van der Waals surface area (Å²) >= 11 is 0. The summed E-state index contributed by atoms with van der Waals surface area (Å²) in [6.07, 6.45) is 2.14. The lowest BCUT2D eigenvalue weighted by Gasteiger charge is -2.01. The van der Waals surface area contributed by atoms with Crippen LogP contribution < -0.4 is 11.1 Å². The Bertz CT molecular complexity index is 255. The molecule has 0 aromatic heterocycles. The van der Waals surface area contributed by atoms with Gasteiger partial charge in [0.2, 0.25) is 0 Å². The normalized spacial score (nSPS) is 11.6. The average molecular weight is 241 g/mol. The molecule has 0 saturated carbocycles. The predicted octanol–water partition coefficient (Wildman–Crippen LogP) is 0.0579. The van der Waals surface area contributed by atoms with Crippen LogP contribution in [-0.2, 0) is 10.4 Å². The number of guanidine groups is 1. The topological polar surface area (TPSA) is 125 Å². The molecule has 0 saturated heterocycles. The van der Waals surface area contributed by atoms with Crippen molar-refractivity contribution in [3.05, 3.63) is 0 Å². The highest BCUT2D eigenvalue weighted by Crippen LogP contribution is 1.76. The Morgan fingerprint density at radius 1 is 1.33 bits per heavy atom. The van der Waals surface area contributed by atoms with Crippen molar-refractivity contribution in [1.82, 2.24) is 5.32 Å². The van der Waals surface area contributed by atoms with Crippen molar-refractivity contribution in [2.75, 3.05) is 13.1 Å². The first-order valence-corrected chi connectivity index (χ1v) is 5.94. The third-order valence-corrected chi connectivity index (χ3v) is 1.06. The molecule has 0 fully saturated rings. The second kappa shape index (κ2) is 9.69. The van der Waals surface area contributed by atoms with Gasteiger partial charge in [0.1, 0.15) is 0 Å². The van der Waals surface area contributed by atoms with Crippen LogP contribution in [0, 0.1) is 0 Å². The zero-order valence-electron chi connectivity index (χ0n) is 8.97. The van der Waals surface area contributed by atoms with E-state index in [4.69, 9.17) is 23.3 Å². The minimum atomic E-state index is -4.67. The summed E-state index contributed by atoms with van der Waals surface area (Å²) in [5, 5.41) is 2.99. The Balaban J connectivity index is 0. The summed E-state index contributed by atoms with van der Waals surface area (Å²) in [4.78, 5) is 4.06. The zero-order valence-corrected chi connectivity index (χ0v) is 9.79. The average Bonchev–Trinajstić information content (AvgIpc) is 2.08. The van der Waals surface area contributed by atoms with E-state index in [0.717, 1.165) is 25.9 Å². The lowest BCUT2D eigenvalue weighted by Crippen LogP contribution is -2.32. The summed E-state index contributed by atoms with van der Waals surface area (Å²) in [7, 11) is -4.67. The fraction of sp³-hybridized carbons (Fsp3) is 0.857. The summed E-state index contributed by atoms with van der Waals surface area (Å²) in [6, 6.07) is 0. The van der Waals surface area contributed by atoms with Gasteiger partial charge < -0.3 is 11.1 Å². The lowest BCUT2D eigenvalue weighted by atomic mass is 10.5. The number of hydrogen-bond acceptors (Lipinski definition) is 3. The quantitative estimate of drug-likeness (QED) is 0.313. The molecule has 5 N–H and O–H groups in total. The summed E-state index contributed by atoms with van der Waals surface area (Å²) < 4.78 is 31.6. The van der Waals surface area contributed by atoms with Gasteiger partial charge in [0.05, 0.1) is 0 Å². The molecule has 0 radical (unpaired) electrons. The van der Waals surface area contributed by atoms with Crippen molar-refractivity contribution in [2.24, 2.45) is 10.7 Å². The molecule has 0 rings (SSSR count). The molecule has 0 spiro atoms. The van der Waals surface area contributed by atoms with E-state index in [1.807, 2.05) is 0 Å². The third-order valence-electron chi connectivity index (χ3n) is 1.06. The molecule has 0 aromatic rings. The smallest absolute Gasteiger partial charge is 0.370 e. The highest BCUT2D eigenvalue weighted by Gasteiger charge is 1.85. The maximum atomic E-state index is 8.74. The van der Waals surface area contributed by atoms with Crippen molar-refractivity contribution in [2.45, 2.75) is 26.7 Å². The van der Waals surface area contributed by atoms with Gasteiger partial charge in [0, 0.05) is 13.1 Å². The summed E-state index contributed by atoms with van der Waals surface area (Å²) in [6.45, 7) is 5.91. The number of rotatable bonds is 4. The molecule has 0 aliphatic rings. The van der Waals surface area contributed by atoms with Crippen LogP contribution in [0.25, 0.3) is 0 Å². The highest BCUT2D eigenvalue weighted by molar-refractivity contribution is 7.79. The van der Waals surface area contributed by atoms with E-state index in [2.05, 4.69) is 24.2 Å². The highest BCUT2D eigenvalue weighted by atomic mass is 32.3. The minimum Gasteiger partial charge on any atom is -0.370 e. The molecule has 92 valence electrons. The first-order chi connectivity index (χ1) is 6.81. The first-order valence-electron chi connectivity index (χ1n) is 4.54. The zero-order chi connectivity index (χ0) is 12.3. The molecular formula is C7H19N3O4S. The number of aliphatic imine (C=N–C) groups is 1. The standard InChI is InChI=1S/C7H17N3.H2O4S/c1-3-5-9-7(8)10-6-4-2;1-5(2,3)4/h3-6H2,1-2H3,(H3,8,9,10);(H2,1,2,3,4). The first kappa shape index (κ1) is 16.6. The number of nitrogens with zero attached hydrogens (tertiary/aromatic N) is 1. The van der Waals surface area contributed by atoms with Gasteiger partial charge in [0.15, 0.2) is 5.96 Å². The van der Waals surface area contributed by atoms with Gasteiger partial charge in [-0.1, -0.05) is 13.8 Å². The van der Waals surface area contributed by atoms with Crippen molar-refractivity contribution in [1.29, 1.82) is 0 Å². The third kappa shape index (κ3) is 32.0. The van der Waals surface area contributed by atoms with E-state index < -0.39 is 10.4 Å². The van der Waals surface area contributed by atoms with E-state index in [0.29, 0.717) is 5.96 Å². The van der Waals surface area contributed by atoms with E-state index >= 15 is 0 Å². The summed E-state index contributed by atoms with van der Waals surface area (Å²) in [5.41, 5.74) is 5.48. The predicted molar refractivity (Wildman–Crippen MR) is 59.3 cm³/mol. The largest absolute Gasteiger partial charge is 0.394 e. The van der Waals surface area contributed by atoms with Gasteiger partial charge in [-0.3, -0.25) is 14.1 Å². The van der Waals surface area contributed by atoms with Crippen LogP contribution in [0.15, 0.2) is 4.99 Å². The molecule has 8 heteroatoms. The maximum Gasteiger partial charge on any atom is 0.394 e. The molecule has 15 heavy (non-hydrogen) atoms. The molecule has 0 amide bonds. The fourth-order valence-corrected chi connectivity index (χ4v) is 0.541. The monoisotopic (exact) mass is 241 g/mol. The van der Waals surface area contributed by atoms with E-state index in [9.17, 15) is 0 Å². The Morgan fingerprint density at radius 2 is 1.80 bits per heavy atom. The molecular weight excluding hydrogens is 222 g/mol. The Labute approximate surface area is 90.4 Å². The van der Waals surface area contributed by atoms with Gasteiger partial charge in [-0.2, -0.15) is 8.42 Å². The molecule has 0 aliphatic carbocycles. The van der Waals surface area contributed by atoms with Crippen LogP contribution >= 0.6 is 0 Å². The van der Waals surface area contributed by atoms with Crippen LogP contribution in [0.4, 0.5) is 0 Å². The van der Waals surface area contributed by atoms with Crippen LogP contribution in [-0.4, -0.2) is 36.6 Å². The van der Waals surface area contributed by atoms with Crippen LogP contribution in [0.5, 0.6) is 0 Å². The summed E-state index contributed by atoms with van der Waals surface area (Å²) in [5.74, 6) is 0.573. The molecule has 0 atom stereocenters. The van der Waals surface area contributed by atoms with Gasteiger partial charge in [-0.15, -0.1) is 0 Å². The second-order valence-corrected chi connectivity index (χ2v) is 3.54. The van der Waals surface area contributed by atoms with E-state index in [1.165, 1.54) is 0 Å². The van der Waals surface area contributed by atoms with Gasteiger partial charge in [0.25, 0.3) is 0 Å². The number of hydrogen-bond donors (Lipinski definition) is 4. The minimum absolute atomic E-state index is 0.573. The molecule has 7 nitrogen and oxygen atoms in total. The van der Waals surface area contributed by atoms with Crippen molar-refractivity contribution in [3.8, 4) is 0 Å². The van der Waals surface area contributed by atoms with E-state index in [-0.39, 0.29) is 0 Å². The van der Waals surface area contributed by atoms with Crippen molar-refractivity contribution in [3.63, 3.8) is 0 Å². The SMILES string of the molecule is CCC/N=C(\N)NCCC.O=S(=O)(O)O. The second-order valence-electron chi connectivity index (χ2n) is 2.64. The van der Waals surface area contributed by atoms with Crippen molar-refractivity contribution < 1.29 is 17.5 Å². The Hall–Kier alpha value is -0.860. The number of nitrogens with two attached hydrogens (primary N) is 1. The molecule has 0 bridgehead atoms. The molecule has 0 aliphatic heterocycles.